The fourth-order valence-electron chi connectivity index (χ4n) is 6.86. The van der Waals surface area contributed by atoms with Crippen LogP contribution in [0.4, 0.5) is 0 Å². The van der Waals surface area contributed by atoms with Crippen molar-refractivity contribution in [3.63, 3.8) is 0 Å². The minimum atomic E-state index is -4.68. The van der Waals surface area contributed by atoms with Crippen LogP contribution in [0, 0.1) is 13.8 Å². The fourth-order valence-corrected chi connectivity index (χ4v) is 40.3. The predicted molar refractivity (Wildman–Crippen MR) is 154 cm³/mol. The molecule has 0 bridgehead atoms. The quantitative estimate of drug-likeness (QED) is 0.227. The topological polar surface area (TPSA) is 0 Å². The molecule has 2 aromatic carbocycles. The molecule has 0 nitrogen and oxygen atoms in total. The third kappa shape index (κ3) is 3.53. The third-order valence-corrected chi connectivity index (χ3v) is 61.6. The summed E-state index contributed by atoms with van der Waals surface area (Å²) in [5.41, 5.74) is 15.6. The molecule has 0 aromatic heterocycles. The second-order valence-corrected chi connectivity index (χ2v) is 53.8. The molecule has 2 aliphatic carbocycles. The fraction of sp³-hybridized carbons (Fsp3) is 0.429. The Morgan fingerprint density at radius 1 is 0.676 bits per heavy atom. The summed E-state index contributed by atoms with van der Waals surface area (Å²) in [5.74, 6) is -0.561. The van der Waals surface area contributed by atoms with Crippen molar-refractivity contribution in [1.29, 1.82) is 0 Å². The Kier molecular flexibility index (Phi) is 7.35. The molecule has 0 N–H and O–H groups in total. The maximum atomic E-state index is 8.36. The van der Waals surface area contributed by atoms with E-state index in [1.807, 2.05) is 0 Å². The Morgan fingerprint density at radius 3 is 1.32 bits per heavy atom. The number of aryl methyl sites for hydroxylation is 2. The van der Waals surface area contributed by atoms with E-state index in [2.05, 4.69) is 78.9 Å². The van der Waals surface area contributed by atoms with Crippen LogP contribution in [0.3, 0.4) is 0 Å². The van der Waals surface area contributed by atoms with Gasteiger partial charge in [-0.3, -0.25) is 0 Å². The zero-order valence-corrected chi connectivity index (χ0v) is 28.1. The van der Waals surface area contributed by atoms with Gasteiger partial charge in [0.1, 0.15) is 0 Å². The molecule has 2 aromatic rings. The van der Waals surface area contributed by atoms with Gasteiger partial charge in [0.15, 0.2) is 0 Å². The number of fused-ring (bicyclic) bond motifs is 2. The van der Waals surface area contributed by atoms with Crippen LogP contribution in [0.5, 0.6) is 0 Å². The van der Waals surface area contributed by atoms with Gasteiger partial charge in [-0.2, -0.15) is 0 Å². The van der Waals surface area contributed by atoms with E-state index >= 15 is 0 Å². The van der Waals surface area contributed by atoms with Gasteiger partial charge in [-0.25, -0.2) is 0 Å². The zero-order chi connectivity index (χ0) is 25.4. The molecule has 2 aliphatic rings. The van der Waals surface area contributed by atoms with Gasteiger partial charge in [0.25, 0.3) is 0 Å². The summed E-state index contributed by atoms with van der Waals surface area (Å²) in [5, 5.41) is 0. The average Bonchev–Trinajstić information content (AvgIpc) is 3.22. The standard InChI is InChI=1S/2C13H14Cl.C2H7Si.2ClH.Zr/c2*1-8-4-5-11(7-14)13-10(3)9(2)6-12(8)13;1-3-2;;;/h2*4-6H,7H2,1-3H3;3H,1-2H3;2*1H;/q;;;;;+2/p-2. The van der Waals surface area contributed by atoms with E-state index in [0.29, 0.717) is 11.8 Å². The first-order chi connectivity index (χ1) is 15.8. The number of benzene rings is 2. The molecule has 0 spiro atoms. The van der Waals surface area contributed by atoms with Crippen molar-refractivity contribution in [2.75, 3.05) is 0 Å². The summed E-state index contributed by atoms with van der Waals surface area (Å²) in [6.45, 7) is 18.3. The molecule has 183 valence electrons. The van der Waals surface area contributed by atoms with E-state index in [4.69, 9.17) is 40.2 Å². The average molecular weight is 633 g/mol. The van der Waals surface area contributed by atoms with Crippen LogP contribution < -0.4 is 0 Å². The summed E-state index contributed by atoms with van der Waals surface area (Å²) in [6, 6.07) is 8.79. The Morgan fingerprint density at radius 2 is 1.03 bits per heavy atom. The van der Waals surface area contributed by atoms with Crippen LogP contribution in [0.25, 0.3) is 11.1 Å². The number of halogens is 4. The van der Waals surface area contributed by atoms with Gasteiger partial charge in [0.2, 0.25) is 0 Å². The molecule has 0 radical (unpaired) electrons. The van der Waals surface area contributed by atoms with Gasteiger partial charge < -0.3 is 0 Å². The first-order valence-electron chi connectivity index (χ1n) is 12.1. The summed E-state index contributed by atoms with van der Waals surface area (Å²) in [7, 11) is 16.7. The Hall–Kier alpha value is 0.180. The van der Waals surface area contributed by atoms with Crippen molar-refractivity contribution in [1.82, 2.24) is 0 Å². The van der Waals surface area contributed by atoms with Crippen molar-refractivity contribution < 1.29 is 15.6 Å². The van der Waals surface area contributed by atoms with Gasteiger partial charge in [-0.15, -0.1) is 0 Å². The molecule has 34 heavy (non-hydrogen) atoms. The molecule has 4 rings (SSSR count). The molecule has 2 unspecified atom stereocenters. The number of alkyl halides is 2. The molecule has 2 atom stereocenters. The molecule has 0 saturated carbocycles. The van der Waals surface area contributed by atoms with Crippen molar-refractivity contribution >= 4 is 57.3 Å². The first-order valence-corrected chi connectivity index (χ1v) is 29.5. The van der Waals surface area contributed by atoms with E-state index in [9.17, 15) is 0 Å². The number of hydrogen-bond donors (Lipinski definition) is 0. The molecule has 0 saturated heterocycles. The van der Waals surface area contributed by atoms with Crippen LogP contribution in [0.2, 0.25) is 13.1 Å². The van der Waals surface area contributed by atoms with Crippen molar-refractivity contribution in [2.45, 2.75) is 73.6 Å². The molecular formula is C28H35Cl4SiZr. The van der Waals surface area contributed by atoms with Crippen molar-refractivity contribution in [2.24, 2.45) is 0 Å². The normalized spacial score (nSPS) is 21.3. The molecule has 0 heterocycles. The van der Waals surface area contributed by atoms with E-state index in [-0.39, 0.29) is 7.25 Å². The van der Waals surface area contributed by atoms with Gasteiger partial charge in [-0.05, 0) is 0 Å². The third-order valence-electron chi connectivity index (χ3n) is 8.97. The monoisotopic (exact) mass is 629 g/mol. The van der Waals surface area contributed by atoms with Crippen LogP contribution in [-0.2, 0) is 27.3 Å². The van der Waals surface area contributed by atoms with E-state index < -0.39 is 21.5 Å². The Labute approximate surface area is 224 Å². The van der Waals surface area contributed by atoms with Crippen LogP contribution in [0.1, 0.15) is 79.5 Å². The van der Waals surface area contributed by atoms with Gasteiger partial charge in [0.05, 0.1) is 0 Å². The van der Waals surface area contributed by atoms with Gasteiger partial charge >= 0.3 is 226 Å². The van der Waals surface area contributed by atoms with Crippen LogP contribution >= 0.6 is 40.2 Å². The van der Waals surface area contributed by atoms with E-state index in [1.54, 1.807) is 0 Å². The van der Waals surface area contributed by atoms with E-state index in [1.165, 1.54) is 66.8 Å². The Balaban J connectivity index is 2.13. The maximum absolute atomic E-state index is 8.36. The van der Waals surface area contributed by atoms with Crippen molar-refractivity contribution in [3.05, 3.63) is 79.9 Å². The van der Waals surface area contributed by atoms with Crippen LogP contribution in [-0.4, -0.2) is 5.92 Å². The molecule has 0 amide bonds. The predicted octanol–water partition coefficient (Wildman–Crippen LogP) is 10.2. The van der Waals surface area contributed by atoms with Crippen molar-refractivity contribution in [3.8, 4) is 0 Å². The second-order valence-electron chi connectivity index (χ2n) is 10.8. The summed E-state index contributed by atoms with van der Waals surface area (Å²) in [6.07, 6.45) is 0. The minimum absolute atomic E-state index is 0.104. The molecule has 0 aliphatic heterocycles. The first kappa shape index (κ1) is 27.2. The zero-order valence-electron chi connectivity index (χ0n) is 21.5. The van der Waals surface area contributed by atoms with Gasteiger partial charge in [0, 0.05) is 0 Å². The molecule has 0 fully saturated rings. The SMILES string of the molecule is CC1=C(C)[CH]([Zr]([Cl])([Cl])([CH]2C(C)=C(C)c3c(CCl)ccc(C)c32)[SiH](C)C)c2c(C)ccc(CCl)c21. The summed E-state index contributed by atoms with van der Waals surface area (Å²) in [4.78, 5) is 0. The Bertz CT molecular complexity index is 1180. The van der Waals surface area contributed by atoms with Crippen LogP contribution in [0.15, 0.2) is 35.4 Å². The molecule has 6 heteroatoms. The van der Waals surface area contributed by atoms with E-state index in [0.717, 1.165) is 0 Å². The molecular weight excluding hydrogens is 597 g/mol. The number of allylic oxidation sites excluding steroid dienone is 4. The summed E-state index contributed by atoms with van der Waals surface area (Å²) < 4.78 is 0.208. The summed E-state index contributed by atoms with van der Waals surface area (Å²) >= 11 is 8.21. The van der Waals surface area contributed by atoms with Gasteiger partial charge in [-0.1, -0.05) is 0 Å². The second kappa shape index (κ2) is 9.18. The number of rotatable bonds is 5. The number of hydrogen-bond acceptors (Lipinski definition) is 0.